The van der Waals surface area contributed by atoms with Crippen LogP contribution in [0.5, 0.6) is 0 Å². The smallest absolute Gasteiger partial charge is 0.115 e. The lowest BCUT2D eigenvalue weighted by molar-refractivity contribution is 0.824. The molecular formula is C8H10N4S. The van der Waals surface area contributed by atoms with Crippen molar-refractivity contribution in [1.29, 1.82) is 0 Å². The van der Waals surface area contributed by atoms with Crippen molar-refractivity contribution in [3.8, 4) is 0 Å². The van der Waals surface area contributed by atoms with E-state index in [0.29, 0.717) is 0 Å². The van der Waals surface area contributed by atoms with Gasteiger partial charge in [0.05, 0.1) is 12.0 Å². The summed E-state index contributed by atoms with van der Waals surface area (Å²) >= 11 is 1.55. The molecule has 0 amide bonds. The van der Waals surface area contributed by atoms with Gasteiger partial charge in [0.1, 0.15) is 11.0 Å². The molecule has 0 radical (unpaired) electrons. The van der Waals surface area contributed by atoms with Crippen molar-refractivity contribution in [2.24, 2.45) is 12.8 Å². The molecule has 0 fully saturated rings. The van der Waals surface area contributed by atoms with E-state index < -0.39 is 0 Å². The third-order valence-corrected chi connectivity index (χ3v) is 2.62. The molecule has 2 aromatic rings. The molecular weight excluding hydrogens is 184 g/mol. The van der Waals surface area contributed by atoms with E-state index >= 15 is 0 Å². The van der Waals surface area contributed by atoms with Gasteiger partial charge >= 0.3 is 0 Å². The first-order chi connectivity index (χ1) is 6.27. The van der Waals surface area contributed by atoms with E-state index in [1.165, 1.54) is 0 Å². The second-order valence-corrected chi connectivity index (χ2v) is 3.74. The van der Waals surface area contributed by atoms with Crippen molar-refractivity contribution in [1.82, 2.24) is 14.5 Å². The van der Waals surface area contributed by atoms with E-state index in [0.717, 1.165) is 10.7 Å². The van der Waals surface area contributed by atoms with Gasteiger partial charge in [0.15, 0.2) is 0 Å². The first kappa shape index (κ1) is 8.40. The summed E-state index contributed by atoms with van der Waals surface area (Å²) in [6, 6.07) is -0.193. The Morgan fingerprint density at radius 1 is 1.54 bits per heavy atom. The van der Waals surface area contributed by atoms with Crippen molar-refractivity contribution in [2.45, 2.75) is 6.04 Å². The van der Waals surface area contributed by atoms with E-state index in [-0.39, 0.29) is 6.04 Å². The summed E-state index contributed by atoms with van der Waals surface area (Å²) in [6.45, 7) is 0. The van der Waals surface area contributed by atoms with Crippen molar-refractivity contribution in [3.63, 3.8) is 0 Å². The van der Waals surface area contributed by atoms with Crippen molar-refractivity contribution < 1.29 is 0 Å². The second-order valence-electron chi connectivity index (χ2n) is 2.81. The standard InChI is InChI=1S/C8H10N4S/c1-12-4-6(11-5-12)7(9)8-10-2-3-13-8/h2-5,7H,9H2,1H3. The molecule has 2 heterocycles. The predicted molar refractivity (Wildman–Crippen MR) is 51.4 cm³/mol. The number of thiazole rings is 1. The summed E-state index contributed by atoms with van der Waals surface area (Å²) in [7, 11) is 1.92. The van der Waals surface area contributed by atoms with E-state index in [1.807, 2.05) is 23.2 Å². The van der Waals surface area contributed by atoms with Gasteiger partial charge in [0.25, 0.3) is 0 Å². The van der Waals surface area contributed by atoms with Gasteiger partial charge in [-0.15, -0.1) is 11.3 Å². The topological polar surface area (TPSA) is 56.7 Å². The number of imidazole rings is 1. The lowest BCUT2D eigenvalue weighted by Crippen LogP contribution is -2.11. The fourth-order valence-corrected chi connectivity index (χ4v) is 1.76. The van der Waals surface area contributed by atoms with Crippen LogP contribution in [0.4, 0.5) is 0 Å². The predicted octanol–water partition coefficient (Wildman–Crippen LogP) is 0.925. The monoisotopic (exact) mass is 194 g/mol. The molecule has 0 bridgehead atoms. The zero-order valence-electron chi connectivity index (χ0n) is 7.21. The maximum Gasteiger partial charge on any atom is 0.115 e. The van der Waals surface area contributed by atoms with Crippen LogP contribution < -0.4 is 5.73 Å². The van der Waals surface area contributed by atoms with Crippen LogP contribution in [0.3, 0.4) is 0 Å². The Kier molecular flexibility index (Phi) is 2.12. The summed E-state index contributed by atoms with van der Waals surface area (Å²) in [6.07, 6.45) is 5.40. The van der Waals surface area contributed by atoms with Crippen molar-refractivity contribution in [3.05, 3.63) is 34.8 Å². The molecule has 2 aromatic heterocycles. The number of hydrogen-bond donors (Lipinski definition) is 1. The van der Waals surface area contributed by atoms with E-state index in [2.05, 4.69) is 9.97 Å². The highest BCUT2D eigenvalue weighted by molar-refractivity contribution is 7.09. The molecule has 68 valence electrons. The molecule has 0 saturated heterocycles. The summed E-state index contributed by atoms with van der Waals surface area (Å²) in [5, 5.41) is 2.82. The molecule has 1 unspecified atom stereocenters. The number of aromatic nitrogens is 3. The Morgan fingerprint density at radius 2 is 2.38 bits per heavy atom. The van der Waals surface area contributed by atoms with Crippen LogP contribution in [0.1, 0.15) is 16.7 Å². The van der Waals surface area contributed by atoms with Crippen molar-refractivity contribution >= 4 is 11.3 Å². The minimum atomic E-state index is -0.193. The van der Waals surface area contributed by atoms with Crippen LogP contribution in [-0.2, 0) is 7.05 Å². The Bertz CT molecular complexity index is 379. The molecule has 4 nitrogen and oxygen atoms in total. The quantitative estimate of drug-likeness (QED) is 0.773. The van der Waals surface area contributed by atoms with Gasteiger partial charge in [-0.05, 0) is 0 Å². The zero-order chi connectivity index (χ0) is 9.26. The highest BCUT2D eigenvalue weighted by atomic mass is 32.1. The summed E-state index contributed by atoms with van der Waals surface area (Å²) in [4.78, 5) is 8.32. The van der Waals surface area contributed by atoms with Crippen molar-refractivity contribution in [2.75, 3.05) is 0 Å². The molecule has 5 heteroatoms. The first-order valence-electron chi connectivity index (χ1n) is 3.90. The normalized spacial score (nSPS) is 13.1. The molecule has 0 aromatic carbocycles. The van der Waals surface area contributed by atoms with Gasteiger partial charge in [-0.2, -0.15) is 0 Å². The molecule has 0 aliphatic rings. The Morgan fingerprint density at radius 3 is 2.92 bits per heavy atom. The maximum atomic E-state index is 5.95. The number of nitrogens with two attached hydrogens (primary N) is 1. The second kappa shape index (κ2) is 3.27. The number of rotatable bonds is 2. The highest BCUT2D eigenvalue weighted by Gasteiger charge is 2.13. The van der Waals surface area contributed by atoms with Crippen LogP contribution in [0.2, 0.25) is 0 Å². The molecule has 0 aliphatic heterocycles. The largest absolute Gasteiger partial charge is 0.340 e. The maximum absolute atomic E-state index is 5.95. The van der Waals surface area contributed by atoms with Gasteiger partial charge in [0, 0.05) is 24.8 Å². The Hall–Kier alpha value is -1.20. The molecule has 2 N–H and O–H groups in total. The average Bonchev–Trinajstić information content (AvgIpc) is 2.72. The summed E-state index contributed by atoms with van der Waals surface area (Å²) in [5.74, 6) is 0. The number of nitrogens with zero attached hydrogens (tertiary/aromatic N) is 3. The first-order valence-corrected chi connectivity index (χ1v) is 4.78. The third kappa shape index (κ3) is 1.61. The van der Waals surface area contributed by atoms with Crippen LogP contribution in [0, 0.1) is 0 Å². The van der Waals surface area contributed by atoms with Gasteiger partial charge < -0.3 is 10.3 Å². The highest BCUT2D eigenvalue weighted by Crippen LogP contribution is 2.18. The van der Waals surface area contributed by atoms with Crippen LogP contribution in [0.15, 0.2) is 24.1 Å². The molecule has 13 heavy (non-hydrogen) atoms. The van der Waals surface area contributed by atoms with Gasteiger partial charge in [-0.3, -0.25) is 0 Å². The van der Waals surface area contributed by atoms with Crippen LogP contribution >= 0.6 is 11.3 Å². The van der Waals surface area contributed by atoms with Crippen LogP contribution in [-0.4, -0.2) is 14.5 Å². The average molecular weight is 194 g/mol. The Balaban J connectivity index is 2.28. The molecule has 0 spiro atoms. The molecule has 2 rings (SSSR count). The van der Waals surface area contributed by atoms with E-state index in [1.54, 1.807) is 23.9 Å². The third-order valence-electron chi connectivity index (χ3n) is 1.76. The molecule has 1 atom stereocenters. The van der Waals surface area contributed by atoms with E-state index in [9.17, 15) is 0 Å². The minimum absolute atomic E-state index is 0.193. The fraction of sp³-hybridized carbons (Fsp3) is 0.250. The van der Waals surface area contributed by atoms with Crippen LogP contribution in [0.25, 0.3) is 0 Å². The fourth-order valence-electron chi connectivity index (χ4n) is 1.11. The SMILES string of the molecule is Cn1cnc(C(N)c2nccs2)c1. The molecule has 0 saturated carbocycles. The van der Waals surface area contributed by atoms with Gasteiger partial charge in [-0.1, -0.05) is 0 Å². The van der Waals surface area contributed by atoms with Gasteiger partial charge in [-0.25, -0.2) is 9.97 Å². The lowest BCUT2D eigenvalue weighted by Gasteiger charge is -2.02. The van der Waals surface area contributed by atoms with Gasteiger partial charge in [0.2, 0.25) is 0 Å². The lowest BCUT2D eigenvalue weighted by atomic mass is 10.2. The number of hydrogen-bond acceptors (Lipinski definition) is 4. The minimum Gasteiger partial charge on any atom is -0.340 e. The Labute approximate surface area is 80.1 Å². The molecule has 0 aliphatic carbocycles. The number of aryl methyl sites for hydroxylation is 1. The zero-order valence-corrected chi connectivity index (χ0v) is 8.03. The van der Waals surface area contributed by atoms with E-state index in [4.69, 9.17) is 5.73 Å². The summed E-state index contributed by atoms with van der Waals surface area (Å²) < 4.78 is 1.88. The summed E-state index contributed by atoms with van der Waals surface area (Å²) in [5.41, 5.74) is 6.80.